The third-order valence-electron chi connectivity index (χ3n) is 3.84. The van der Waals surface area contributed by atoms with Crippen LogP contribution in [0.1, 0.15) is 44.0 Å². The van der Waals surface area contributed by atoms with Crippen molar-refractivity contribution < 1.29 is 0 Å². The van der Waals surface area contributed by atoms with Crippen LogP contribution in [0.15, 0.2) is 24.3 Å². The second kappa shape index (κ2) is 7.25. The number of nitrogens with one attached hydrogen (secondary N) is 2. The van der Waals surface area contributed by atoms with Crippen molar-refractivity contribution in [3.05, 3.63) is 41.1 Å². The largest absolute Gasteiger partial charge is 0.352 e. The highest BCUT2D eigenvalue weighted by Crippen LogP contribution is 2.25. The van der Waals surface area contributed by atoms with Gasteiger partial charge in [-0.3, -0.25) is 0 Å². The van der Waals surface area contributed by atoms with E-state index in [0.29, 0.717) is 12.0 Å². The minimum Gasteiger partial charge on any atom is -0.352 e. The van der Waals surface area contributed by atoms with Gasteiger partial charge >= 0.3 is 0 Å². The van der Waals surface area contributed by atoms with Gasteiger partial charge in [0.2, 0.25) is 5.95 Å². The van der Waals surface area contributed by atoms with Gasteiger partial charge in [-0.25, -0.2) is 4.98 Å². The molecular formula is C18H26N4. The minimum atomic E-state index is 0.360. The summed E-state index contributed by atoms with van der Waals surface area (Å²) in [7, 11) is 0. The molecule has 0 spiro atoms. The number of anilines is 3. The fourth-order valence-corrected chi connectivity index (χ4v) is 2.35. The zero-order valence-electron chi connectivity index (χ0n) is 14.2. The minimum absolute atomic E-state index is 0.360. The first kappa shape index (κ1) is 16.3. The van der Waals surface area contributed by atoms with Crippen LogP contribution in [0.4, 0.5) is 17.5 Å². The highest BCUT2D eigenvalue weighted by molar-refractivity contribution is 5.65. The second-order valence-corrected chi connectivity index (χ2v) is 5.76. The van der Waals surface area contributed by atoms with Crippen LogP contribution in [0.3, 0.4) is 0 Å². The molecule has 2 N–H and O–H groups in total. The summed E-state index contributed by atoms with van der Waals surface area (Å²) in [5.74, 6) is 1.52. The molecule has 0 aliphatic carbocycles. The van der Waals surface area contributed by atoms with Gasteiger partial charge in [0, 0.05) is 23.5 Å². The Labute approximate surface area is 133 Å². The summed E-state index contributed by atoms with van der Waals surface area (Å²) >= 11 is 0. The van der Waals surface area contributed by atoms with Gasteiger partial charge in [0.05, 0.1) is 0 Å². The summed E-state index contributed by atoms with van der Waals surface area (Å²) < 4.78 is 0. The fraction of sp³-hybridized carbons (Fsp3) is 0.444. The Morgan fingerprint density at radius 1 is 1.14 bits per heavy atom. The van der Waals surface area contributed by atoms with E-state index in [0.717, 1.165) is 30.0 Å². The van der Waals surface area contributed by atoms with Gasteiger partial charge < -0.3 is 10.6 Å². The lowest BCUT2D eigenvalue weighted by Gasteiger charge is -2.16. The van der Waals surface area contributed by atoms with E-state index in [-0.39, 0.29) is 0 Å². The molecule has 4 nitrogen and oxygen atoms in total. The van der Waals surface area contributed by atoms with Crippen LogP contribution in [-0.2, 0) is 6.42 Å². The molecular weight excluding hydrogens is 272 g/mol. The maximum Gasteiger partial charge on any atom is 0.225 e. The molecule has 0 aliphatic rings. The molecule has 1 aromatic carbocycles. The fourth-order valence-electron chi connectivity index (χ4n) is 2.35. The third kappa shape index (κ3) is 3.97. The van der Waals surface area contributed by atoms with Crippen LogP contribution >= 0.6 is 0 Å². The number of para-hydroxylation sites is 1. The van der Waals surface area contributed by atoms with E-state index < -0.39 is 0 Å². The molecule has 1 heterocycles. The van der Waals surface area contributed by atoms with E-state index in [1.54, 1.807) is 0 Å². The normalized spacial score (nSPS) is 12.0. The van der Waals surface area contributed by atoms with Gasteiger partial charge in [-0.15, -0.1) is 0 Å². The smallest absolute Gasteiger partial charge is 0.225 e. The Morgan fingerprint density at radius 3 is 2.59 bits per heavy atom. The molecule has 4 heteroatoms. The van der Waals surface area contributed by atoms with Crippen molar-refractivity contribution in [1.29, 1.82) is 0 Å². The van der Waals surface area contributed by atoms with E-state index in [1.807, 2.05) is 13.0 Å². The van der Waals surface area contributed by atoms with Crippen LogP contribution in [0, 0.1) is 13.8 Å². The Morgan fingerprint density at radius 2 is 1.91 bits per heavy atom. The first-order valence-corrected chi connectivity index (χ1v) is 8.01. The van der Waals surface area contributed by atoms with Gasteiger partial charge in [0.1, 0.15) is 5.82 Å². The van der Waals surface area contributed by atoms with Crippen molar-refractivity contribution in [2.45, 2.75) is 53.5 Å². The molecule has 1 aromatic heterocycles. The average molecular weight is 298 g/mol. The van der Waals surface area contributed by atoms with Gasteiger partial charge in [-0.2, -0.15) is 4.98 Å². The standard InChI is InChI=1S/C18H26N4/c1-6-13(4)19-18-20-14(5)11-16(22-18)21-17-12(3)9-8-10-15(17)7-2/h8-11,13H,6-7H2,1-5H3,(H2,19,20,21,22). The molecule has 0 saturated heterocycles. The molecule has 0 amide bonds. The molecule has 0 fully saturated rings. The Balaban J connectivity index is 2.30. The molecule has 0 saturated carbocycles. The lowest BCUT2D eigenvalue weighted by atomic mass is 10.1. The maximum absolute atomic E-state index is 4.60. The van der Waals surface area contributed by atoms with Crippen LogP contribution in [0.2, 0.25) is 0 Å². The topological polar surface area (TPSA) is 49.8 Å². The SMILES string of the molecule is CCc1cccc(C)c1Nc1cc(C)nc(NC(C)CC)n1. The predicted molar refractivity (Wildman–Crippen MR) is 94.0 cm³/mol. The lowest BCUT2D eigenvalue weighted by molar-refractivity contribution is 0.752. The number of rotatable bonds is 6. The molecule has 1 unspecified atom stereocenters. The second-order valence-electron chi connectivity index (χ2n) is 5.76. The molecule has 118 valence electrons. The van der Waals surface area contributed by atoms with Gasteiger partial charge in [0.15, 0.2) is 0 Å². The molecule has 0 aliphatic heterocycles. The quantitative estimate of drug-likeness (QED) is 0.817. The summed E-state index contributed by atoms with van der Waals surface area (Å²) in [4.78, 5) is 9.07. The molecule has 22 heavy (non-hydrogen) atoms. The summed E-state index contributed by atoms with van der Waals surface area (Å²) in [5, 5.41) is 6.81. The van der Waals surface area contributed by atoms with E-state index in [1.165, 1.54) is 11.1 Å². The first-order valence-electron chi connectivity index (χ1n) is 8.01. The highest BCUT2D eigenvalue weighted by atomic mass is 15.2. The van der Waals surface area contributed by atoms with E-state index in [2.05, 4.69) is 66.5 Å². The third-order valence-corrected chi connectivity index (χ3v) is 3.84. The van der Waals surface area contributed by atoms with E-state index in [4.69, 9.17) is 0 Å². The zero-order chi connectivity index (χ0) is 16.1. The summed E-state index contributed by atoms with van der Waals surface area (Å²) in [5.41, 5.74) is 4.63. The Hall–Kier alpha value is -2.10. The van der Waals surface area contributed by atoms with Crippen molar-refractivity contribution >= 4 is 17.5 Å². The maximum atomic E-state index is 4.60. The van der Waals surface area contributed by atoms with Crippen LogP contribution < -0.4 is 10.6 Å². The summed E-state index contributed by atoms with van der Waals surface area (Å²) in [6.07, 6.45) is 2.03. The predicted octanol–water partition coefficient (Wildman–Crippen LogP) is 4.61. The van der Waals surface area contributed by atoms with Crippen LogP contribution in [-0.4, -0.2) is 16.0 Å². The average Bonchev–Trinajstić information content (AvgIpc) is 2.48. The van der Waals surface area contributed by atoms with Crippen molar-refractivity contribution in [2.75, 3.05) is 10.6 Å². The van der Waals surface area contributed by atoms with Crippen LogP contribution in [0.5, 0.6) is 0 Å². The molecule has 0 radical (unpaired) electrons. The number of nitrogens with zero attached hydrogens (tertiary/aromatic N) is 2. The van der Waals surface area contributed by atoms with Crippen molar-refractivity contribution in [2.24, 2.45) is 0 Å². The summed E-state index contributed by atoms with van der Waals surface area (Å²) in [6, 6.07) is 8.71. The lowest BCUT2D eigenvalue weighted by Crippen LogP contribution is -2.16. The summed E-state index contributed by atoms with van der Waals surface area (Å²) in [6.45, 7) is 10.6. The molecule has 2 rings (SSSR count). The first-order chi connectivity index (χ1) is 10.5. The number of hydrogen-bond donors (Lipinski definition) is 2. The van der Waals surface area contributed by atoms with E-state index in [9.17, 15) is 0 Å². The molecule has 2 aromatic rings. The van der Waals surface area contributed by atoms with Crippen molar-refractivity contribution in [1.82, 2.24) is 9.97 Å². The number of hydrogen-bond acceptors (Lipinski definition) is 4. The number of benzene rings is 1. The highest BCUT2D eigenvalue weighted by Gasteiger charge is 2.08. The number of aryl methyl sites for hydroxylation is 3. The molecule has 0 bridgehead atoms. The number of aromatic nitrogens is 2. The monoisotopic (exact) mass is 298 g/mol. The van der Waals surface area contributed by atoms with Gasteiger partial charge in [-0.05, 0) is 44.7 Å². The van der Waals surface area contributed by atoms with Gasteiger partial charge in [0.25, 0.3) is 0 Å². The van der Waals surface area contributed by atoms with Crippen molar-refractivity contribution in [3.63, 3.8) is 0 Å². The van der Waals surface area contributed by atoms with Gasteiger partial charge in [-0.1, -0.05) is 32.0 Å². The van der Waals surface area contributed by atoms with Crippen LogP contribution in [0.25, 0.3) is 0 Å². The van der Waals surface area contributed by atoms with E-state index >= 15 is 0 Å². The Bertz CT molecular complexity index is 637. The Kier molecular flexibility index (Phi) is 5.36. The van der Waals surface area contributed by atoms with Crippen molar-refractivity contribution in [3.8, 4) is 0 Å². The zero-order valence-corrected chi connectivity index (χ0v) is 14.2. The molecule has 1 atom stereocenters.